The fraction of sp³-hybridized carbons (Fsp3) is 0.667. The molecule has 0 aliphatic rings. The second-order valence-corrected chi connectivity index (χ2v) is 5.82. The van der Waals surface area contributed by atoms with Crippen molar-refractivity contribution in [3.63, 3.8) is 0 Å². The molecule has 1 heterocycles. The van der Waals surface area contributed by atoms with Gasteiger partial charge in [0.1, 0.15) is 5.69 Å². The molecule has 5 heteroatoms. The van der Waals surface area contributed by atoms with Crippen LogP contribution in [-0.2, 0) is 6.54 Å². The first kappa shape index (κ1) is 17.2. The highest BCUT2D eigenvalue weighted by molar-refractivity contribution is 9.10. The number of aliphatic hydroxyl groups excluding tert-OH is 1. The zero-order valence-electron chi connectivity index (χ0n) is 12.4. The minimum absolute atomic E-state index is 0.00287. The molecule has 1 aromatic rings. The number of aliphatic hydroxyl groups is 1. The van der Waals surface area contributed by atoms with E-state index >= 15 is 0 Å². The Labute approximate surface area is 129 Å². The summed E-state index contributed by atoms with van der Waals surface area (Å²) in [4.78, 5) is 14.3. The molecule has 0 atom stereocenters. The lowest BCUT2D eigenvalue weighted by molar-refractivity contribution is 0.0707. The summed E-state index contributed by atoms with van der Waals surface area (Å²) in [5.74, 6) is 0.00287. The van der Waals surface area contributed by atoms with Crippen LogP contribution in [-0.4, -0.2) is 40.2 Å². The Bertz CT molecular complexity index is 418. The number of aromatic nitrogens is 1. The van der Waals surface area contributed by atoms with Crippen LogP contribution in [0.1, 0.15) is 50.0 Å². The van der Waals surface area contributed by atoms with Crippen molar-refractivity contribution < 1.29 is 9.90 Å². The molecule has 1 amide bonds. The standard InChI is InChI=1S/C15H25BrN2O2/c1-3-5-6-7-8-18(9-10-19)15(20)14-11-13(16)12-17(14)4-2/h11-12,19H,3-10H2,1-2H3. The highest BCUT2D eigenvalue weighted by atomic mass is 79.9. The predicted octanol–water partition coefficient (Wildman–Crippen LogP) is 3.29. The van der Waals surface area contributed by atoms with Crippen LogP contribution >= 0.6 is 15.9 Å². The molecule has 0 unspecified atom stereocenters. The highest BCUT2D eigenvalue weighted by Crippen LogP contribution is 2.17. The van der Waals surface area contributed by atoms with Gasteiger partial charge in [0.15, 0.2) is 0 Å². The number of carbonyl (C=O) groups is 1. The summed E-state index contributed by atoms with van der Waals surface area (Å²) in [6.45, 7) is 6.07. The van der Waals surface area contributed by atoms with Crippen molar-refractivity contribution in [3.05, 3.63) is 22.4 Å². The zero-order chi connectivity index (χ0) is 15.0. The number of halogens is 1. The number of unbranched alkanes of at least 4 members (excludes halogenated alkanes) is 3. The summed E-state index contributed by atoms with van der Waals surface area (Å²) in [7, 11) is 0. The van der Waals surface area contributed by atoms with Gasteiger partial charge in [-0.3, -0.25) is 4.79 Å². The van der Waals surface area contributed by atoms with Gasteiger partial charge in [0.25, 0.3) is 5.91 Å². The summed E-state index contributed by atoms with van der Waals surface area (Å²) in [6.07, 6.45) is 6.41. The number of hydrogen-bond acceptors (Lipinski definition) is 2. The molecule has 20 heavy (non-hydrogen) atoms. The topological polar surface area (TPSA) is 45.5 Å². The van der Waals surface area contributed by atoms with Gasteiger partial charge in [-0.2, -0.15) is 0 Å². The van der Waals surface area contributed by atoms with Gasteiger partial charge in [0, 0.05) is 30.3 Å². The zero-order valence-corrected chi connectivity index (χ0v) is 14.0. The molecule has 0 saturated heterocycles. The van der Waals surface area contributed by atoms with E-state index in [1.165, 1.54) is 12.8 Å². The fourth-order valence-electron chi connectivity index (χ4n) is 2.24. The highest BCUT2D eigenvalue weighted by Gasteiger charge is 2.19. The van der Waals surface area contributed by atoms with E-state index in [9.17, 15) is 4.79 Å². The molecule has 0 aliphatic heterocycles. The number of aryl methyl sites for hydroxylation is 1. The Morgan fingerprint density at radius 1 is 1.30 bits per heavy atom. The van der Waals surface area contributed by atoms with Crippen molar-refractivity contribution in [1.82, 2.24) is 9.47 Å². The normalized spacial score (nSPS) is 10.8. The van der Waals surface area contributed by atoms with Crippen LogP contribution < -0.4 is 0 Å². The Morgan fingerprint density at radius 2 is 2.05 bits per heavy atom. The molecule has 0 fully saturated rings. The quantitative estimate of drug-likeness (QED) is 0.698. The molecule has 0 radical (unpaired) electrons. The van der Waals surface area contributed by atoms with E-state index in [0.717, 1.165) is 23.9 Å². The van der Waals surface area contributed by atoms with Gasteiger partial charge in [-0.05, 0) is 35.3 Å². The maximum absolute atomic E-state index is 12.6. The molecule has 0 saturated carbocycles. The Hall–Kier alpha value is -0.810. The van der Waals surface area contributed by atoms with Crippen LogP contribution in [0.4, 0.5) is 0 Å². The SMILES string of the molecule is CCCCCCN(CCO)C(=O)c1cc(Br)cn1CC. The van der Waals surface area contributed by atoms with Gasteiger partial charge in [-0.1, -0.05) is 26.2 Å². The van der Waals surface area contributed by atoms with Crippen molar-refractivity contribution in [2.45, 2.75) is 46.1 Å². The molecule has 0 aliphatic carbocycles. The van der Waals surface area contributed by atoms with Crippen LogP contribution in [0, 0.1) is 0 Å². The minimum atomic E-state index is 0.00287. The van der Waals surface area contributed by atoms with Crippen molar-refractivity contribution in [2.75, 3.05) is 19.7 Å². The summed E-state index contributed by atoms with van der Waals surface area (Å²) in [6, 6.07) is 1.85. The number of carbonyl (C=O) groups excluding carboxylic acids is 1. The molecule has 4 nitrogen and oxygen atoms in total. The molecule has 114 valence electrons. The van der Waals surface area contributed by atoms with Gasteiger partial charge in [-0.25, -0.2) is 0 Å². The maximum atomic E-state index is 12.6. The lowest BCUT2D eigenvalue weighted by Gasteiger charge is -2.22. The van der Waals surface area contributed by atoms with Crippen LogP contribution in [0.2, 0.25) is 0 Å². The van der Waals surface area contributed by atoms with Crippen molar-refractivity contribution in [3.8, 4) is 0 Å². The lowest BCUT2D eigenvalue weighted by atomic mass is 10.2. The summed E-state index contributed by atoms with van der Waals surface area (Å²) in [5.41, 5.74) is 0.684. The van der Waals surface area contributed by atoms with Crippen molar-refractivity contribution in [2.24, 2.45) is 0 Å². The summed E-state index contributed by atoms with van der Waals surface area (Å²) >= 11 is 3.41. The molecule has 0 aromatic carbocycles. The molecule has 0 bridgehead atoms. The predicted molar refractivity (Wildman–Crippen MR) is 84.9 cm³/mol. The van der Waals surface area contributed by atoms with Gasteiger partial charge in [0.2, 0.25) is 0 Å². The first-order chi connectivity index (χ1) is 9.63. The summed E-state index contributed by atoms with van der Waals surface area (Å²) in [5, 5.41) is 9.16. The van der Waals surface area contributed by atoms with E-state index in [0.29, 0.717) is 18.8 Å². The van der Waals surface area contributed by atoms with E-state index in [2.05, 4.69) is 22.9 Å². The molecular formula is C15H25BrN2O2. The third kappa shape index (κ3) is 4.94. The van der Waals surface area contributed by atoms with Gasteiger partial charge >= 0.3 is 0 Å². The first-order valence-electron chi connectivity index (χ1n) is 7.39. The van der Waals surface area contributed by atoms with E-state index in [1.807, 2.05) is 23.8 Å². The molecular weight excluding hydrogens is 320 g/mol. The van der Waals surface area contributed by atoms with Gasteiger partial charge in [0.05, 0.1) is 6.61 Å². The van der Waals surface area contributed by atoms with E-state index < -0.39 is 0 Å². The van der Waals surface area contributed by atoms with Gasteiger partial charge < -0.3 is 14.6 Å². The van der Waals surface area contributed by atoms with E-state index in [4.69, 9.17) is 5.11 Å². The minimum Gasteiger partial charge on any atom is -0.395 e. The largest absolute Gasteiger partial charge is 0.395 e. The number of hydrogen-bond donors (Lipinski definition) is 1. The third-order valence-corrected chi connectivity index (χ3v) is 3.80. The van der Waals surface area contributed by atoms with Crippen LogP contribution in [0.25, 0.3) is 0 Å². The molecule has 1 rings (SSSR count). The Morgan fingerprint density at radius 3 is 2.65 bits per heavy atom. The second-order valence-electron chi connectivity index (χ2n) is 4.91. The monoisotopic (exact) mass is 344 g/mol. The third-order valence-electron chi connectivity index (χ3n) is 3.36. The van der Waals surface area contributed by atoms with Crippen molar-refractivity contribution in [1.29, 1.82) is 0 Å². The molecule has 1 N–H and O–H groups in total. The van der Waals surface area contributed by atoms with E-state index in [1.54, 1.807) is 4.90 Å². The lowest BCUT2D eigenvalue weighted by Crippen LogP contribution is -2.35. The van der Waals surface area contributed by atoms with Gasteiger partial charge in [-0.15, -0.1) is 0 Å². The average molecular weight is 345 g/mol. The Balaban J connectivity index is 2.71. The van der Waals surface area contributed by atoms with E-state index in [-0.39, 0.29) is 12.5 Å². The molecule has 0 spiro atoms. The van der Waals surface area contributed by atoms with Crippen LogP contribution in [0.15, 0.2) is 16.7 Å². The first-order valence-corrected chi connectivity index (χ1v) is 8.19. The number of nitrogens with zero attached hydrogens (tertiary/aromatic N) is 2. The number of rotatable bonds is 9. The maximum Gasteiger partial charge on any atom is 0.270 e. The Kier molecular flexibility index (Phi) is 7.92. The van der Waals surface area contributed by atoms with Crippen LogP contribution in [0.3, 0.4) is 0 Å². The summed E-state index contributed by atoms with van der Waals surface area (Å²) < 4.78 is 2.85. The van der Waals surface area contributed by atoms with Crippen LogP contribution in [0.5, 0.6) is 0 Å². The molecule has 1 aromatic heterocycles. The number of amides is 1. The second kappa shape index (κ2) is 9.19. The average Bonchev–Trinajstić information content (AvgIpc) is 2.82. The smallest absolute Gasteiger partial charge is 0.270 e. The van der Waals surface area contributed by atoms with Crippen molar-refractivity contribution >= 4 is 21.8 Å². The fourth-order valence-corrected chi connectivity index (χ4v) is 2.71.